The van der Waals surface area contributed by atoms with Gasteiger partial charge in [-0.2, -0.15) is 5.26 Å². The van der Waals surface area contributed by atoms with Crippen molar-refractivity contribution >= 4 is 6.29 Å². The minimum absolute atomic E-state index is 0. The van der Waals surface area contributed by atoms with Crippen LogP contribution in [0.1, 0.15) is 5.56 Å². The smallest absolute Gasteiger partial charge is 0.302 e. The van der Waals surface area contributed by atoms with Crippen LogP contribution in [0.4, 0.5) is 0 Å². The monoisotopic (exact) mass is 183 g/mol. The van der Waals surface area contributed by atoms with Crippen LogP contribution in [0.2, 0.25) is 0 Å². The zero-order chi connectivity index (χ0) is 8.81. The largest absolute Gasteiger partial charge is 1.00 e. The summed E-state index contributed by atoms with van der Waals surface area (Å²) < 4.78 is 0. The Morgan fingerprint density at radius 2 is 2.46 bits per heavy atom. The van der Waals surface area contributed by atoms with Gasteiger partial charge in [0.1, 0.15) is 12.2 Å². The molecule has 0 aromatic carbocycles. The van der Waals surface area contributed by atoms with Gasteiger partial charge >= 0.3 is 29.6 Å². The van der Waals surface area contributed by atoms with Crippen molar-refractivity contribution in [2.75, 3.05) is 0 Å². The molecule has 0 saturated heterocycles. The molecule has 0 fully saturated rings. The molecule has 1 aromatic rings. The van der Waals surface area contributed by atoms with Gasteiger partial charge < -0.3 is 4.79 Å². The summed E-state index contributed by atoms with van der Waals surface area (Å²) in [5.74, 6) is -0.547. The van der Waals surface area contributed by atoms with E-state index >= 15 is 0 Å². The normalized spacial score (nSPS) is 10.7. The Morgan fingerprint density at radius 3 is 2.92 bits per heavy atom. The van der Waals surface area contributed by atoms with Gasteiger partial charge in [0.2, 0.25) is 0 Å². The van der Waals surface area contributed by atoms with Gasteiger partial charge in [-0.1, -0.05) is 6.07 Å². The van der Waals surface area contributed by atoms with E-state index in [0.29, 0.717) is 12.7 Å². The maximum atomic E-state index is 10.3. The Hall–Kier alpha value is -0.690. The molecule has 0 aliphatic heterocycles. The SMILES string of the molecule is N#CC(C=O)Cc1cccnc1.[Na+]. The summed E-state index contributed by atoms with van der Waals surface area (Å²) in [7, 11) is 0. The predicted octanol–water partition coefficient (Wildman–Crippen LogP) is -2.03. The first-order valence-corrected chi connectivity index (χ1v) is 3.60. The first kappa shape index (κ1) is 12.3. The quantitative estimate of drug-likeness (QED) is 0.401. The minimum Gasteiger partial charge on any atom is -0.302 e. The second-order valence-corrected chi connectivity index (χ2v) is 2.44. The first-order chi connectivity index (χ1) is 5.86. The number of nitriles is 1. The molecular weight excluding hydrogens is 175 g/mol. The molecular formula is C9H8N2NaO+. The first-order valence-electron chi connectivity index (χ1n) is 3.60. The summed E-state index contributed by atoms with van der Waals surface area (Å²) >= 11 is 0. The molecule has 13 heavy (non-hydrogen) atoms. The number of aldehydes is 1. The minimum atomic E-state index is -0.547. The summed E-state index contributed by atoms with van der Waals surface area (Å²) in [4.78, 5) is 14.2. The Morgan fingerprint density at radius 1 is 1.69 bits per heavy atom. The van der Waals surface area contributed by atoms with Crippen LogP contribution in [-0.4, -0.2) is 11.3 Å². The van der Waals surface area contributed by atoms with Crippen molar-refractivity contribution in [3.8, 4) is 6.07 Å². The van der Waals surface area contributed by atoms with Crippen molar-refractivity contribution in [3.05, 3.63) is 30.1 Å². The molecule has 60 valence electrons. The molecule has 0 radical (unpaired) electrons. The van der Waals surface area contributed by atoms with Crippen LogP contribution < -0.4 is 29.6 Å². The van der Waals surface area contributed by atoms with Crippen molar-refractivity contribution in [2.45, 2.75) is 6.42 Å². The molecule has 1 aromatic heterocycles. The van der Waals surface area contributed by atoms with Crippen molar-refractivity contribution in [1.29, 1.82) is 5.26 Å². The third kappa shape index (κ3) is 4.18. The summed E-state index contributed by atoms with van der Waals surface area (Å²) in [6.07, 6.45) is 4.43. The second kappa shape index (κ2) is 6.79. The molecule has 0 aliphatic carbocycles. The van der Waals surface area contributed by atoms with Gasteiger partial charge in [-0.15, -0.1) is 0 Å². The third-order valence-electron chi connectivity index (χ3n) is 1.51. The molecule has 0 amide bonds. The fourth-order valence-corrected chi connectivity index (χ4v) is 0.897. The Bertz CT molecular complexity index is 294. The van der Waals surface area contributed by atoms with E-state index in [2.05, 4.69) is 4.98 Å². The van der Waals surface area contributed by atoms with E-state index in [-0.39, 0.29) is 29.6 Å². The number of hydrogen-bond acceptors (Lipinski definition) is 3. The molecule has 4 heteroatoms. The molecule has 3 nitrogen and oxygen atoms in total. The van der Waals surface area contributed by atoms with Gasteiger partial charge in [-0.3, -0.25) is 4.98 Å². The van der Waals surface area contributed by atoms with Crippen LogP contribution in [0, 0.1) is 17.2 Å². The van der Waals surface area contributed by atoms with Crippen molar-refractivity contribution < 1.29 is 34.4 Å². The number of aromatic nitrogens is 1. The van der Waals surface area contributed by atoms with Gasteiger partial charge in [-0.05, 0) is 18.1 Å². The van der Waals surface area contributed by atoms with E-state index in [1.54, 1.807) is 18.5 Å². The van der Waals surface area contributed by atoms with E-state index < -0.39 is 5.92 Å². The zero-order valence-electron chi connectivity index (χ0n) is 7.47. The van der Waals surface area contributed by atoms with Crippen LogP contribution >= 0.6 is 0 Å². The molecule has 0 saturated carbocycles. The topological polar surface area (TPSA) is 53.8 Å². The van der Waals surface area contributed by atoms with Crippen LogP contribution in [-0.2, 0) is 11.2 Å². The maximum Gasteiger partial charge on any atom is 1.00 e. The fourth-order valence-electron chi connectivity index (χ4n) is 0.897. The maximum absolute atomic E-state index is 10.3. The number of pyridine rings is 1. The van der Waals surface area contributed by atoms with Crippen LogP contribution in [0.5, 0.6) is 0 Å². The average Bonchev–Trinajstić information content (AvgIpc) is 2.16. The second-order valence-electron chi connectivity index (χ2n) is 2.44. The number of carbonyl (C=O) groups excluding carboxylic acids is 1. The third-order valence-corrected chi connectivity index (χ3v) is 1.51. The van der Waals surface area contributed by atoms with Crippen LogP contribution in [0.3, 0.4) is 0 Å². The zero-order valence-corrected chi connectivity index (χ0v) is 9.47. The summed E-state index contributed by atoms with van der Waals surface area (Å²) in [6, 6.07) is 5.54. The summed E-state index contributed by atoms with van der Waals surface area (Å²) in [5.41, 5.74) is 0.913. The number of hydrogen-bond donors (Lipinski definition) is 0. The number of rotatable bonds is 3. The standard InChI is InChI=1S/C9H8N2O.Na/c10-5-9(7-12)4-8-2-1-3-11-6-8;/h1-3,6-7,9H,4H2;/q;+1. The Balaban J connectivity index is 0.00000144. The molecule has 0 spiro atoms. The number of carbonyl (C=O) groups is 1. The van der Waals surface area contributed by atoms with E-state index in [0.717, 1.165) is 5.56 Å². The van der Waals surface area contributed by atoms with E-state index in [4.69, 9.17) is 5.26 Å². The van der Waals surface area contributed by atoms with Crippen LogP contribution in [0.15, 0.2) is 24.5 Å². The average molecular weight is 183 g/mol. The van der Waals surface area contributed by atoms with Crippen molar-refractivity contribution in [1.82, 2.24) is 4.98 Å². The molecule has 0 aliphatic rings. The Labute approximate surface area is 99.1 Å². The van der Waals surface area contributed by atoms with Gasteiger partial charge in [-0.25, -0.2) is 0 Å². The molecule has 1 atom stereocenters. The van der Waals surface area contributed by atoms with E-state index in [1.165, 1.54) is 0 Å². The number of nitrogens with zero attached hydrogens (tertiary/aromatic N) is 2. The Kier molecular flexibility index (Phi) is 6.43. The van der Waals surface area contributed by atoms with Gasteiger partial charge in [0.25, 0.3) is 0 Å². The summed E-state index contributed by atoms with van der Waals surface area (Å²) in [5, 5.41) is 8.49. The molecule has 0 bridgehead atoms. The summed E-state index contributed by atoms with van der Waals surface area (Å²) in [6.45, 7) is 0. The molecule has 1 heterocycles. The van der Waals surface area contributed by atoms with E-state index in [1.807, 2.05) is 12.1 Å². The van der Waals surface area contributed by atoms with Crippen LogP contribution in [0.25, 0.3) is 0 Å². The fraction of sp³-hybridized carbons (Fsp3) is 0.222. The van der Waals surface area contributed by atoms with Gasteiger partial charge in [0, 0.05) is 12.4 Å². The molecule has 1 unspecified atom stereocenters. The van der Waals surface area contributed by atoms with Crippen molar-refractivity contribution in [2.24, 2.45) is 5.92 Å². The van der Waals surface area contributed by atoms with Crippen molar-refractivity contribution in [3.63, 3.8) is 0 Å². The molecule has 1 rings (SSSR count). The van der Waals surface area contributed by atoms with E-state index in [9.17, 15) is 4.79 Å². The van der Waals surface area contributed by atoms with Gasteiger partial charge in [0.05, 0.1) is 6.07 Å². The molecule has 0 N–H and O–H groups in total. The van der Waals surface area contributed by atoms with Gasteiger partial charge in [0.15, 0.2) is 0 Å². The predicted molar refractivity (Wildman–Crippen MR) is 43.1 cm³/mol.